The molecule has 0 saturated heterocycles. The number of aryl methyl sites for hydroxylation is 1. The molecule has 166 valence electrons. The molecular formula is C25H28N4O2S. The van der Waals surface area contributed by atoms with Crippen LogP contribution in [0.3, 0.4) is 0 Å². The third-order valence-corrected chi connectivity index (χ3v) is 6.45. The van der Waals surface area contributed by atoms with Crippen LogP contribution < -0.4 is 5.32 Å². The summed E-state index contributed by atoms with van der Waals surface area (Å²) >= 11 is 1.13. The van der Waals surface area contributed by atoms with E-state index in [0.29, 0.717) is 6.54 Å². The molecular weight excluding hydrogens is 420 g/mol. The molecule has 0 radical (unpaired) electrons. The molecule has 1 aliphatic carbocycles. The van der Waals surface area contributed by atoms with Gasteiger partial charge in [0.1, 0.15) is 6.04 Å². The molecule has 1 unspecified atom stereocenters. The molecule has 2 amide bonds. The Morgan fingerprint density at radius 1 is 1.06 bits per heavy atom. The number of nitrogens with zero attached hydrogens (tertiary/aromatic N) is 3. The fourth-order valence-electron chi connectivity index (χ4n) is 4.21. The topological polar surface area (TPSA) is 75.2 Å². The summed E-state index contributed by atoms with van der Waals surface area (Å²) in [7, 11) is 0. The Kier molecular flexibility index (Phi) is 7.27. The van der Waals surface area contributed by atoms with Gasteiger partial charge in [0.05, 0.1) is 0 Å². The van der Waals surface area contributed by atoms with E-state index >= 15 is 0 Å². The first-order valence-electron chi connectivity index (χ1n) is 11.1. The number of carbonyl (C=O) groups is 2. The highest BCUT2D eigenvalue weighted by Gasteiger charge is 2.34. The average Bonchev–Trinajstić information content (AvgIpc) is 3.36. The lowest BCUT2D eigenvalue weighted by molar-refractivity contribution is -0.127. The van der Waals surface area contributed by atoms with E-state index in [1.54, 1.807) is 10.3 Å². The first-order chi connectivity index (χ1) is 15.6. The van der Waals surface area contributed by atoms with Crippen molar-refractivity contribution < 1.29 is 9.59 Å². The molecule has 0 spiro atoms. The smallest absolute Gasteiger partial charge is 0.276 e. The standard InChI is InChI=1S/C25H28N4O2S/c1-18-12-14-20(15-13-18)23(24(30)26-21-10-6-3-7-11-21)29(16-19-8-4-2-5-9-19)25(31)22-17-32-28-27-22/h2,4-5,8-9,12-15,17,21,23H,3,6-7,10-11,16H2,1H3,(H,26,30). The van der Waals surface area contributed by atoms with E-state index in [9.17, 15) is 9.59 Å². The highest BCUT2D eigenvalue weighted by molar-refractivity contribution is 7.03. The number of nitrogens with one attached hydrogen (secondary N) is 1. The second-order valence-electron chi connectivity index (χ2n) is 8.37. The molecule has 1 heterocycles. The van der Waals surface area contributed by atoms with Crippen molar-refractivity contribution in [3.63, 3.8) is 0 Å². The van der Waals surface area contributed by atoms with Crippen molar-refractivity contribution in [3.05, 3.63) is 82.4 Å². The highest BCUT2D eigenvalue weighted by Crippen LogP contribution is 2.27. The maximum atomic E-state index is 13.7. The van der Waals surface area contributed by atoms with Gasteiger partial charge in [0, 0.05) is 18.0 Å². The minimum atomic E-state index is -0.757. The van der Waals surface area contributed by atoms with Gasteiger partial charge in [-0.05, 0) is 42.4 Å². The van der Waals surface area contributed by atoms with Crippen molar-refractivity contribution in [2.24, 2.45) is 0 Å². The Morgan fingerprint density at radius 3 is 2.44 bits per heavy atom. The third kappa shape index (κ3) is 5.40. The first-order valence-corrected chi connectivity index (χ1v) is 11.9. The van der Waals surface area contributed by atoms with E-state index in [-0.39, 0.29) is 23.6 Å². The van der Waals surface area contributed by atoms with Crippen molar-refractivity contribution in [2.45, 2.75) is 57.7 Å². The molecule has 0 aliphatic heterocycles. The zero-order chi connectivity index (χ0) is 22.3. The van der Waals surface area contributed by atoms with E-state index in [4.69, 9.17) is 0 Å². The Morgan fingerprint density at radius 2 is 1.78 bits per heavy atom. The van der Waals surface area contributed by atoms with E-state index in [1.165, 1.54) is 6.42 Å². The molecule has 0 bridgehead atoms. The minimum Gasteiger partial charge on any atom is -0.351 e. The third-order valence-electron chi connectivity index (χ3n) is 5.94. The van der Waals surface area contributed by atoms with Crippen molar-refractivity contribution >= 4 is 23.3 Å². The number of hydrogen-bond acceptors (Lipinski definition) is 5. The predicted octanol–water partition coefficient (Wildman–Crippen LogP) is 4.68. The number of benzene rings is 2. The number of amides is 2. The zero-order valence-electron chi connectivity index (χ0n) is 18.2. The summed E-state index contributed by atoms with van der Waals surface area (Å²) in [6, 6.07) is 17.0. The van der Waals surface area contributed by atoms with Crippen LogP contribution in [0.4, 0.5) is 0 Å². The van der Waals surface area contributed by atoms with Crippen molar-refractivity contribution in [1.29, 1.82) is 0 Å². The van der Waals surface area contributed by atoms with Gasteiger partial charge in [-0.3, -0.25) is 9.59 Å². The monoisotopic (exact) mass is 448 g/mol. The molecule has 1 aromatic heterocycles. The molecule has 1 fully saturated rings. The van der Waals surface area contributed by atoms with Gasteiger partial charge in [-0.1, -0.05) is 83.9 Å². The number of aromatic nitrogens is 2. The van der Waals surface area contributed by atoms with Crippen molar-refractivity contribution in [3.8, 4) is 0 Å². The quantitative estimate of drug-likeness (QED) is 0.569. The molecule has 6 nitrogen and oxygen atoms in total. The van der Waals surface area contributed by atoms with Crippen LogP contribution in [0.1, 0.15) is 65.3 Å². The maximum Gasteiger partial charge on any atom is 0.276 e. The summed E-state index contributed by atoms with van der Waals surface area (Å²) in [5.41, 5.74) is 3.10. The molecule has 1 aliphatic rings. The van der Waals surface area contributed by atoms with Gasteiger partial charge in [0.2, 0.25) is 5.91 Å². The number of carbonyl (C=O) groups excluding carboxylic acids is 2. The summed E-state index contributed by atoms with van der Waals surface area (Å²) in [4.78, 5) is 28.8. The van der Waals surface area contributed by atoms with E-state index < -0.39 is 6.04 Å². The number of rotatable bonds is 7. The van der Waals surface area contributed by atoms with Gasteiger partial charge in [0.25, 0.3) is 5.91 Å². The van der Waals surface area contributed by atoms with E-state index in [2.05, 4.69) is 14.9 Å². The summed E-state index contributed by atoms with van der Waals surface area (Å²) in [5, 5.41) is 8.85. The Labute approximate surface area is 192 Å². The second-order valence-corrected chi connectivity index (χ2v) is 8.98. The molecule has 4 rings (SSSR count). The molecule has 32 heavy (non-hydrogen) atoms. The molecule has 1 N–H and O–H groups in total. The van der Waals surface area contributed by atoms with Gasteiger partial charge in [0.15, 0.2) is 5.69 Å². The van der Waals surface area contributed by atoms with Crippen LogP contribution in [0, 0.1) is 6.92 Å². The minimum absolute atomic E-state index is 0.145. The number of hydrogen-bond donors (Lipinski definition) is 1. The van der Waals surface area contributed by atoms with Crippen LogP contribution in [-0.4, -0.2) is 32.3 Å². The van der Waals surface area contributed by atoms with Crippen LogP contribution in [0.5, 0.6) is 0 Å². The van der Waals surface area contributed by atoms with E-state index in [1.807, 2.05) is 61.5 Å². The van der Waals surface area contributed by atoms with Crippen LogP contribution in [0.25, 0.3) is 0 Å². The van der Waals surface area contributed by atoms with Crippen LogP contribution in [-0.2, 0) is 11.3 Å². The fourth-order valence-corrected chi connectivity index (χ4v) is 4.64. The zero-order valence-corrected chi connectivity index (χ0v) is 19.1. The van der Waals surface area contributed by atoms with Crippen LogP contribution in [0.2, 0.25) is 0 Å². The predicted molar refractivity (Wildman–Crippen MR) is 125 cm³/mol. The van der Waals surface area contributed by atoms with Crippen molar-refractivity contribution in [1.82, 2.24) is 19.8 Å². The van der Waals surface area contributed by atoms with Gasteiger partial charge < -0.3 is 10.2 Å². The summed E-state index contributed by atoms with van der Waals surface area (Å²) in [5.74, 6) is -0.444. The van der Waals surface area contributed by atoms with Crippen LogP contribution in [0.15, 0.2) is 60.0 Å². The van der Waals surface area contributed by atoms with Gasteiger partial charge in [-0.15, -0.1) is 5.10 Å². The second kappa shape index (κ2) is 10.5. The molecule has 3 aromatic rings. The SMILES string of the molecule is Cc1ccc(C(C(=O)NC2CCCCC2)N(Cc2ccccc2)C(=O)c2csnn2)cc1. The largest absolute Gasteiger partial charge is 0.351 e. The lowest BCUT2D eigenvalue weighted by Crippen LogP contribution is -2.47. The summed E-state index contributed by atoms with van der Waals surface area (Å²) in [6.07, 6.45) is 5.42. The van der Waals surface area contributed by atoms with Gasteiger partial charge in [-0.25, -0.2) is 0 Å². The summed E-state index contributed by atoms with van der Waals surface area (Å²) < 4.78 is 3.86. The first kappa shape index (κ1) is 22.1. The molecule has 2 aromatic carbocycles. The molecule has 1 atom stereocenters. The lowest BCUT2D eigenvalue weighted by Gasteiger charge is -2.33. The lowest BCUT2D eigenvalue weighted by atomic mass is 9.94. The Balaban J connectivity index is 1.71. The van der Waals surface area contributed by atoms with Crippen LogP contribution >= 0.6 is 11.5 Å². The van der Waals surface area contributed by atoms with Gasteiger partial charge >= 0.3 is 0 Å². The highest BCUT2D eigenvalue weighted by atomic mass is 32.1. The van der Waals surface area contributed by atoms with Crippen molar-refractivity contribution in [2.75, 3.05) is 0 Å². The molecule has 1 saturated carbocycles. The fraction of sp³-hybridized carbons (Fsp3) is 0.360. The van der Waals surface area contributed by atoms with E-state index in [0.717, 1.165) is 53.9 Å². The maximum absolute atomic E-state index is 13.7. The Hall–Kier alpha value is -3.06. The Bertz CT molecular complexity index is 1020. The molecule has 7 heteroatoms. The normalized spacial score (nSPS) is 15.2. The van der Waals surface area contributed by atoms with Gasteiger partial charge in [-0.2, -0.15) is 0 Å². The summed E-state index contributed by atoms with van der Waals surface area (Å²) in [6.45, 7) is 2.31. The average molecular weight is 449 g/mol.